The number of benzene rings is 3. The molecule has 3 aromatic carbocycles. The molecule has 43 heavy (non-hydrogen) atoms. The van der Waals surface area contributed by atoms with Crippen molar-refractivity contribution in [2.45, 2.75) is 63.4 Å². The van der Waals surface area contributed by atoms with Crippen LogP contribution in [0.3, 0.4) is 0 Å². The Kier molecular flexibility index (Phi) is 10.6. The molecule has 0 spiro atoms. The van der Waals surface area contributed by atoms with Crippen LogP contribution in [0.15, 0.2) is 91.0 Å². The van der Waals surface area contributed by atoms with Gasteiger partial charge in [0.15, 0.2) is 6.29 Å². The van der Waals surface area contributed by atoms with Crippen molar-refractivity contribution in [2.24, 2.45) is 0 Å². The van der Waals surface area contributed by atoms with Crippen molar-refractivity contribution in [3.63, 3.8) is 0 Å². The van der Waals surface area contributed by atoms with Gasteiger partial charge in [-0.05, 0) is 34.5 Å². The Morgan fingerprint density at radius 3 is 1.98 bits per heavy atom. The van der Waals surface area contributed by atoms with E-state index in [-0.39, 0.29) is 18.3 Å². The number of aliphatic hydroxyl groups excluding tert-OH is 1. The lowest BCUT2D eigenvalue weighted by Crippen LogP contribution is -2.68. The van der Waals surface area contributed by atoms with Crippen LogP contribution in [0.25, 0.3) is 0 Å². The Bertz CT molecular complexity index is 1390. The van der Waals surface area contributed by atoms with Gasteiger partial charge in [-0.1, -0.05) is 99.6 Å². The van der Waals surface area contributed by atoms with Crippen LogP contribution in [0.5, 0.6) is 0 Å². The summed E-state index contributed by atoms with van der Waals surface area (Å²) in [7, 11) is -7.18. The van der Waals surface area contributed by atoms with Crippen molar-refractivity contribution >= 4 is 34.7 Å². The second-order valence-electron chi connectivity index (χ2n) is 11.8. The number of ether oxygens (including phenoxy) is 2. The zero-order chi connectivity index (χ0) is 31.3. The molecule has 4 rings (SSSR count). The molecule has 0 bridgehead atoms. The van der Waals surface area contributed by atoms with Crippen molar-refractivity contribution in [3.05, 3.63) is 96.6 Å². The van der Waals surface area contributed by atoms with Gasteiger partial charge < -0.3 is 24.3 Å². The zero-order valence-electron chi connectivity index (χ0n) is 25.2. The third-order valence-electron chi connectivity index (χ3n) is 7.48. The lowest BCUT2D eigenvalue weighted by molar-refractivity contribution is -0.263. The molecule has 0 aromatic heterocycles. The lowest BCUT2D eigenvalue weighted by atomic mass is 10.00. The largest absolute Gasteiger partial charge is 0.405 e. The van der Waals surface area contributed by atoms with Gasteiger partial charge in [0.25, 0.3) is 24.3 Å². The summed E-state index contributed by atoms with van der Waals surface area (Å²) >= 11 is 0. The van der Waals surface area contributed by atoms with Crippen LogP contribution in [0, 0.1) is 0 Å². The Labute approximate surface area is 255 Å². The molecule has 3 aromatic rings. The van der Waals surface area contributed by atoms with E-state index in [2.05, 4.69) is 26.1 Å². The average Bonchev–Trinajstić information content (AvgIpc) is 2.97. The maximum atomic E-state index is 13.5. The van der Waals surface area contributed by atoms with Gasteiger partial charge in [-0.2, -0.15) is 8.42 Å². The average molecular weight is 628 g/mol. The fourth-order valence-electron chi connectivity index (χ4n) is 5.57. The molecular formula is C32H41NO8SSi. The van der Waals surface area contributed by atoms with Gasteiger partial charge in [-0.3, -0.25) is 8.98 Å². The molecule has 0 saturated carbocycles. The van der Waals surface area contributed by atoms with Gasteiger partial charge in [-0.25, -0.2) is 0 Å². The third kappa shape index (κ3) is 7.98. The van der Waals surface area contributed by atoms with E-state index in [9.17, 15) is 18.3 Å². The van der Waals surface area contributed by atoms with Gasteiger partial charge >= 0.3 is 0 Å². The molecule has 1 fully saturated rings. The molecule has 1 aliphatic rings. The van der Waals surface area contributed by atoms with Crippen molar-refractivity contribution < 1.29 is 36.4 Å². The van der Waals surface area contributed by atoms with Crippen molar-refractivity contribution in [3.8, 4) is 0 Å². The Morgan fingerprint density at radius 1 is 0.977 bits per heavy atom. The smallest absolute Gasteiger partial charge is 0.264 e. The summed E-state index contributed by atoms with van der Waals surface area (Å²) in [6, 6.07) is 27.4. The van der Waals surface area contributed by atoms with E-state index in [0.717, 1.165) is 16.6 Å². The van der Waals surface area contributed by atoms with Crippen LogP contribution in [-0.2, 0) is 28.2 Å². The molecule has 232 valence electrons. The van der Waals surface area contributed by atoms with Gasteiger partial charge in [0.2, 0.25) is 0 Å². The van der Waals surface area contributed by atoms with Crippen molar-refractivity contribution in [1.82, 2.24) is 5.32 Å². The highest BCUT2D eigenvalue weighted by Gasteiger charge is 2.51. The zero-order valence-corrected chi connectivity index (χ0v) is 27.0. The maximum absolute atomic E-state index is 13.5. The number of aliphatic hydroxyl groups is 1. The molecule has 5 atom stereocenters. The third-order valence-corrected chi connectivity index (χ3v) is 13.1. The summed E-state index contributed by atoms with van der Waals surface area (Å²) in [5.41, 5.74) is 0.373. The number of nitrogens with one attached hydrogen (secondary N) is 1. The highest BCUT2D eigenvalue weighted by atomic mass is 32.2. The van der Waals surface area contributed by atoms with Gasteiger partial charge in [0.1, 0.15) is 18.3 Å². The van der Waals surface area contributed by atoms with E-state index >= 15 is 0 Å². The summed E-state index contributed by atoms with van der Waals surface area (Å²) in [5.74, 6) is -0.451. The number of hydrogen-bond donors (Lipinski definition) is 2. The van der Waals surface area contributed by atoms with Crippen LogP contribution < -0.4 is 15.7 Å². The number of amides is 1. The normalized spacial score (nSPS) is 21.1. The van der Waals surface area contributed by atoms with E-state index in [1.165, 1.54) is 0 Å². The Morgan fingerprint density at radius 2 is 1.49 bits per heavy atom. The monoisotopic (exact) mass is 627 g/mol. The summed E-state index contributed by atoms with van der Waals surface area (Å²) < 4.78 is 49.2. The number of carbonyl (C=O) groups excluding carboxylic acids is 1. The topological polar surface area (TPSA) is 120 Å². The molecule has 1 amide bonds. The van der Waals surface area contributed by atoms with E-state index < -0.39 is 55.0 Å². The molecule has 2 N–H and O–H groups in total. The molecule has 1 saturated heterocycles. The van der Waals surface area contributed by atoms with Crippen LogP contribution >= 0.6 is 0 Å². The molecular weight excluding hydrogens is 587 g/mol. The molecule has 11 heteroatoms. The molecule has 0 radical (unpaired) electrons. The molecule has 0 aliphatic carbocycles. The summed E-state index contributed by atoms with van der Waals surface area (Å²) in [5, 5.41) is 15.5. The van der Waals surface area contributed by atoms with Gasteiger partial charge in [0.05, 0.1) is 25.5 Å². The summed E-state index contributed by atoms with van der Waals surface area (Å²) in [6.07, 6.45) is -3.49. The Hall–Kier alpha value is -2.90. The first-order chi connectivity index (χ1) is 20.3. The second kappa shape index (κ2) is 13.8. The number of rotatable bonds is 11. The van der Waals surface area contributed by atoms with E-state index in [1.54, 1.807) is 37.3 Å². The van der Waals surface area contributed by atoms with Gasteiger partial charge in [0, 0.05) is 5.56 Å². The molecule has 9 nitrogen and oxygen atoms in total. The fourth-order valence-corrected chi connectivity index (χ4v) is 10.8. The van der Waals surface area contributed by atoms with Crippen LogP contribution in [0.2, 0.25) is 5.04 Å². The predicted molar refractivity (Wildman–Crippen MR) is 167 cm³/mol. The minimum absolute atomic E-state index is 0.0929. The minimum atomic E-state index is -4.07. The quantitative estimate of drug-likeness (QED) is 0.246. The van der Waals surface area contributed by atoms with E-state index in [4.69, 9.17) is 18.1 Å². The van der Waals surface area contributed by atoms with Crippen LogP contribution in [-0.4, -0.2) is 77.9 Å². The molecule has 1 aliphatic heterocycles. The minimum Gasteiger partial charge on any atom is -0.405 e. The molecule has 0 unspecified atom stereocenters. The summed E-state index contributed by atoms with van der Waals surface area (Å²) in [6.45, 7) is 7.78. The SMILES string of the molecule is C[C@@H]1OC[C@@H](O)[C@H]([C@H](OS(C)(=O)=O)[C@H](CO[Si](c2ccccc2)(c2ccccc2)C(C)(C)C)NC(=O)c2ccccc2)O1. The first-order valence-corrected chi connectivity index (χ1v) is 18.0. The summed E-state index contributed by atoms with van der Waals surface area (Å²) in [4.78, 5) is 13.5. The predicted octanol–water partition coefficient (Wildman–Crippen LogP) is 2.83. The molecule has 1 heterocycles. The highest BCUT2D eigenvalue weighted by Crippen LogP contribution is 2.37. The fraction of sp³-hybridized carbons (Fsp3) is 0.406. The van der Waals surface area contributed by atoms with E-state index in [0.29, 0.717) is 5.56 Å². The number of carbonyl (C=O) groups is 1. The second-order valence-corrected chi connectivity index (χ2v) is 17.7. The van der Waals surface area contributed by atoms with Crippen LogP contribution in [0.1, 0.15) is 38.1 Å². The van der Waals surface area contributed by atoms with Crippen molar-refractivity contribution in [2.75, 3.05) is 19.5 Å². The first-order valence-electron chi connectivity index (χ1n) is 14.3. The lowest BCUT2D eigenvalue weighted by Gasteiger charge is -2.45. The Balaban J connectivity index is 1.82. The van der Waals surface area contributed by atoms with E-state index in [1.807, 2.05) is 60.7 Å². The van der Waals surface area contributed by atoms with Crippen LogP contribution in [0.4, 0.5) is 0 Å². The highest BCUT2D eigenvalue weighted by molar-refractivity contribution is 7.86. The van der Waals surface area contributed by atoms with Gasteiger partial charge in [-0.15, -0.1) is 0 Å². The van der Waals surface area contributed by atoms with Crippen molar-refractivity contribution in [1.29, 1.82) is 0 Å². The first kappa shape index (κ1) is 33.0. The number of hydrogen-bond acceptors (Lipinski definition) is 8. The maximum Gasteiger partial charge on any atom is 0.264 e. The standard InChI is InChI=1S/C32H41NO8SSi/c1-23-38-22-28(34)30(40-23)29(41-42(5,36)37)27(33-31(35)24-15-9-6-10-16-24)21-39-43(32(2,3)4,25-17-11-7-12-18-25)26-19-13-8-14-20-26/h6-20,23,27-30,34H,21-22H2,1-5H3,(H,33,35)/t23-,27+,28-,29-,30-/m1/s1.